The highest BCUT2D eigenvalue weighted by atomic mass is 35.5. The molecule has 0 bridgehead atoms. The number of hydrogen-bond donors (Lipinski definition) is 0. The van der Waals surface area contributed by atoms with Crippen LogP contribution in [0, 0.1) is 0 Å². The van der Waals surface area contributed by atoms with Gasteiger partial charge >= 0.3 is 0 Å². The fraction of sp³-hybridized carbons (Fsp3) is 0.273. The van der Waals surface area contributed by atoms with Crippen LogP contribution in [0.3, 0.4) is 0 Å². The normalized spacial score (nSPS) is 15.8. The molecule has 1 heterocycles. The van der Waals surface area contributed by atoms with Gasteiger partial charge in [-0.3, -0.25) is 9.59 Å². The third kappa shape index (κ3) is 2.02. The Bertz CT molecular complexity index is 417. The molecule has 4 heteroatoms. The van der Waals surface area contributed by atoms with Gasteiger partial charge in [0.2, 0.25) is 0 Å². The molecule has 0 aromatic heterocycles. The Labute approximate surface area is 92.6 Å². The highest BCUT2D eigenvalue weighted by molar-refractivity contribution is 6.33. The maximum absolute atomic E-state index is 11.9. The van der Waals surface area contributed by atoms with Crippen LogP contribution in [-0.2, 0) is 4.79 Å². The zero-order valence-electron chi connectivity index (χ0n) is 8.07. The van der Waals surface area contributed by atoms with Crippen molar-refractivity contribution in [3.8, 4) is 0 Å². The van der Waals surface area contributed by atoms with E-state index in [0.29, 0.717) is 23.6 Å². The Morgan fingerprint density at radius 3 is 2.67 bits per heavy atom. The molecule has 0 N–H and O–H groups in total. The van der Waals surface area contributed by atoms with Crippen LogP contribution in [0.2, 0.25) is 5.02 Å². The number of carbonyl (C=O) groups is 2. The predicted molar refractivity (Wildman–Crippen MR) is 57.0 cm³/mol. The second kappa shape index (κ2) is 4.03. The average molecular weight is 224 g/mol. The van der Waals surface area contributed by atoms with Crippen LogP contribution in [0.4, 0.5) is 0 Å². The van der Waals surface area contributed by atoms with Crippen molar-refractivity contribution in [2.24, 2.45) is 0 Å². The van der Waals surface area contributed by atoms with Gasteiger partial charge in [0.05, 0.1) is 17.1 Å². The zero-order valence-corrected chi connectivity index (χ0v) is 8.83. The van der Waals surface area contributed by atoms with Crippen LogP contribution >= 0.6 is 11.6 Å². The lowest BCUT2D eigenvalue weighted by Crippen LogP contribution is -2.28. The minimum absolute atomic E-state index is 0.107. The van der Waals surface area contributed by atoms with Crippen LogP contribution in [0.1, 0.15) is 16.8 Å². The van der Waals surface area contributed by atoms with Crippen LogP contribution in [-0.4, -0.2) is 29.7 Å². The van der Waals surface area contributed by atoms with Gasteiger partial charge in [-0.25, -0.2) is 0 Å². The zero-order chi connectivity index (χ0) is 10.8. The molecule has 3 nitrogen and oxygen atoms in total. The van der Waals surface area contributed by atoms with E-state index in [1.54, 1.807) is 24.3 Å². The highest BCUT2D eigenvalue weighted by Gasteiger charge is 2.25. The molecule has 1 aromatic rings. The van der Waals surface area contributed by atoms with E-state index in [9.17, 15) is 9.59 Å². The standard InChI is InChI=1S/C11H10ClNO2/c12-10-4-2-1-3-9(10)11(15)13-6-5-8(14)7-13/h1-4H,5-7H2. The quantitative estimate of drug-likeness (QED) is 0.728. The first kappa shape index (κ1) is 10.2. The maximum Gasteiger partial charge on any atom is 0.255 e. The first-order valence-electron chi connectivity index (χ1n) is 4.74. The summed E-state index contributed by atoms with van der Waals surface area (Å²) >= 11 is 5.90. The number of Topliss-reactive ketones (excluding diaryl/α,β-unsaturated/α-hetero) is 1. The summed E-state index contributed by atoms with van der Waals surface area (Å²) in [5, 5.41) is 0.432. The van der Waals surface area contributed by atoms with E-state index < -0.39 is 0 Å². The van der Waals surface area contributed by atoms with E-state index in [1.165, 1.54) is 4.90 Å². The summed E-state index contributed by atoms with van der Waals surface area (Å²) in [5.74, 6) is -0.0538. The SMILES string of the molecule is O=C1CCN(C(=O)c2ccccc2Cl)C1. The minimum atomic E-state index is -0.161. The number of rotatable bonds is 1. The fourth-order valence-electron chi connectivity index (χ4n) is 1.61. The van der Waals surface area contributed by atoms with Gasteiger partial charge in [-0.05, 0) is 12.1 Å². The molecule has 1 amide bonds. The molecule has 0 radical (unpaired) electrons. The van der Waals surface area contributed by atoms with Gasteiger partial charge in [0.15, 0.2) is 5.78 Å². The minimum Gasteiger partial charge on any atom is -0.331 e. The van der Waals surface area contributed by atoms with Crippen molar-refractivity contribution in [1.29, 1.82) is 0 Å². The van der Waals surface area contributed by atoms with Crippen molar-refractivity contribution >= 4 is 23.3 Å². The second-order valence-corrected chi connectivity index (χ2v) is 3.90. The van der Waals surface area contributed by atoms with Gasteiger partial charge in [-0.2, -0.15) is 0 Å². The molecule has 1 fully saturated rings. The van der Waals surface area contributed by atoms with E-state index in [2.05, 4.69) is 0 Å². The predicted octanol–water partition coefficient (Wildman–Crippen LogP) is 1.76. The van der Waals surface area contributed by atoms with Gasteiger partial charge in [-0.15, -0.1) is 0 Å². The number of ketones is 1. The fourth-order valence-corrected chi connectivity index (χ4v) is 1.83. The molecule has 0 spiro atoms. The summed E-state index contributed by atoms with van der Waals surface area (Å²) in [6, 6.07) is 6.88. The monoisotopic (exact) mass is 223 g/mol. The van der Waals surface area contributed by atoms with E-state index in [0.717, 1.165) is 0 Å². The van der Waals surface area contributed by atoms with Crippen molar-refractivity contribution in [1.82, 2.24) is 4.90 Å². The smallest absolute Gasteiger partial charge is 0.255 e. The number of halogens is 1. The third-order valence-electron chi connectivity index (χ3n) is 2.42. The summed E-state index contributed by atoms with van der Waals surface area (Å²) in [7, 11) is 0. The van der Waals surface area contributed by atoms with Crippen molar-refractivity contribution in [3.63, 3.8) is 0 Å². The molecule has 1 aliphatic heterocycles. The van der Waals surface area contributed by atoms with Crippen molar-refractivity contribution in [2.75, 3.05) is 13.1 Å². The molecule has 0 aliphatic carbocycles. The molecule has 2 rings (SSSR count). The van der Waals surface area contributed by atoms with Gasteiger partial charge in [0.25, 0.3) is 5.91 Å². The van der Waals surface area contributed by atoms with E-state index in [-0.39, 0.29) is 18.2 Å². The summed E-state index contributed by atoms with van der Waals surface area (Å²) < 4.78 is 0. The molecule has 1 saturated heterocycles. The number of hydrogen-bond acceptors (Lipinski definition) is 2. The molecule has 1 aliphatic rings. The van der Waals surface area contributed by atoms with Crippen molar-refractivity contribution < 1.29 is 9.59 Å². The summed E-state index contributed by atoms with van der Waals surface area (Å²) in [5.41, 5.74) is 0.467. The lowest BCUT2D eigenvalue weighted by Gasteiger charge is -2.14. The molecular formula is C11H10ClNO2. The summed E-state index contributed by atoms with van der Waals surface area (Å²) in [6.07, 6.45) is 0.455. The van der Waals surface area contributed by atoms with Crippen LogP contribution in [0.25, 0.3) is 0 Å². The molecule has 15 heavy (non-hydrogen) atoms. The van der Waals surface area contributed by atoms with Gasteiger partial charge < -0.3 is 4.90 Å². The van der Waals surface area contributed by atoms with E-state index in [4.69, 9.17) is 11.6 Å². The van der Waals surface area contributed by atoms with Crippen LogP contribution in [0.15, 0.2) is 24.3 Å². The number of nitrogens with zero attached hydrogens (tertiary/aromatic N) is 1. The highest BCUT2D eigenvalue weighted by Crippen LogP contribution is 2.18. The third-order valence-corrected chi connectivity index (χ3v) is 2.75. The van der Waals surface area contributed by atoms with Gasteiger partial charge in [-0.1, -0.05) is 23.7 Å². The molecule has 1 aromatic carbocycles. The Morgan fingerprint density at radius 2 is 2.07 bits per heavy atom. The topological polar surface area (TPSA) is 37.4 Å². The Kier molecular flexibility index (Phi) is 2.73. The number of carbonyl (C=O) groups excluding carboxylic acids is 2. The Morgan fingerprint density at radius 1 is 1.33 bits per heavy atom. The Hall–Kier alpha value is -1.35. The van der Waals surface area contributed by atoms with Gasteiger partial charge in [0, 0.05) is 13.0 Å². The average Bonchev–Trinajstić information content (AvgIpc) is 2.65. The van der Waals surface area contributed by atoms with Crippen molar-refractivity contribution in [2.45, 2.75) is 6.42 Å². The first-order valence-corrected chi connectivity index (χ1v) is 5.12. The maximum atomic E-state index is 11.9. The second-order valence-electron chi connectivity index (χ2n) is 3.50. The van der Waals surface area contributed by atoms with Crippen molar-refractivity contribution in [3.05, 3.63) is 34.9 Å². The number of benzene rings is 1. The van der Waals surface area contributed by atoms with E-state index >= 15 is 0 Å². The molecule has 78 valence electrons. The lowest BCUT2D eigenvalue weighted by molar-refractivity contribution is -0.116. The molecule has 0 saturated carbocycles. The first-order chi connectivity index (χ1) is 7.18. The molecular weight excluding hydrogens is 214 g/mol. The summed E-state index contributed by atoms with van der Waals surface area (Å²) in [6.45, 7) is 0.715. The lowest BCUT2D eigenvalue weighted by atomic mass is 10.2. The molecule has 0 unspecified atom stereocenters. The molecule has 0 atom stereocenters. The van der Waals surface area contributed by atoms with Crippen LogP contribution in [0.5, 0.6) is 0 Å². The number of likely N-dealkylation sites (tertiary alicyclic amines) is 1. The summed E-state index contributed by atoms with van der Waals surface area (Å²) in [4.78, 5) is 24.5. The van der Waals surface area contributed by atoms with Crippen LogP contribution < -0.4 is 0 Å². The Balaban J connectivity index is 2.21. The number of amides is 1. The largest absolute Gasteiger partial charge is 0.331 e. The van der Waals surface area contributed by atoms with E-state index in [1.807, 2.05) is 0 Å². The van der Waals surface area contributed by atoms with Gasteiger partial charge in [0.1, 0.15) is 0 Å².